The number of morpholine rings is 1. The zero-order valence-corrected chi connectivity index (χ0v) is 21.3. The molecule has 2 aromatic carbocycles. The van der Waals surface area contributed by atoms with Crippen molar-refractivity contribution in [2.45, 2.75) is 37.5 Å². The minimum atomic E-state index is -4.52. The fourth-order valence-electron chi connectivity index (χ4n) is 4.62. The maximum absolute atomic E-state index is 13.8. The summed E-state index contributed by atoms with van der Waals surface area (Å²) >= 11 is 12.9. The standard InChI is InChI=1S/C24H20Cl2F3N7O2/c1-15-23(10-34-13-30-11-32-34,19-7-6-18(25)8-20(19)26)38-21(36-14-31-12-33-36)9-35(15)22(37)16-2-4-17(5-3-16)24(27,28)29/h2-8,11-15,21H,9-10H2,1H3. The molecule has 4 aromatic rings. The van der Waals surface area contributed by atoms with Crippen molar-refractivity contribution in [3.63, 3.8) is 0 Å². The van der Waals surface area contributed by atoms with Crippen LogP contribution in [0.2, 0.25) is 10.0 Å². The van der Waals surface area contributed by atoms with E-state index in [4.69, 9.17) is 27.9 Å². The third-order valence-corrected chi connectivity index (χ3v) is 7.09. The first-order chi connectivity index (χ1) is 18.1. The van der Waals surface area contributed by atoms with Gasteiger partial charge in [-0.15, -0.1) is 0 Å². The number of amides is 1. The molecule has 0 aliphatic carbocycles. The van der Waals surface area contributed by atoms with Gasteiger partial charge in [-0.05, 0) is 43.3 Å². The average molecular weight is 566 g/mol. The Morgan fingerprint density at radius 2 is 1.79 bits per heavy atom. The summed E-state index contributed by atoms with van der Waals surface area (Å²) in [6, 6.07) is 8.33. The number of hydrogen-bond donors (Lipinski definition) is 0. The number of carbonyl (C=O) groups excluding carboxylic acids is 1. The third kappa shape index (κ3) is 4.86. The van der Waals surface area contributed by atoms with Gasteiger partial charge in [-0.2, -0.15) is 23.4 Å². The Balaban J connectivity index is 1.63. The highest BCUT2D eigenvalue weighted by molar-refractivity contribution is 6.35. The van der Waals surface area contributed by atoms with Gasteiger partial charge in [-0.3, -0.25) is 4.79 Å². The fourth-order valence-corrected chi connectivity index (χ4v) is 5.19. The number of halogens is 5. The van der Waals surface area contributed by atoms with E-state index in [0.717, 1.165) is 24.3 Å². The minimum Gasteiger partial charge on any atom is -0.339 e. The van der Waals surface area contributed by atoms with Crippen LogP contribution < -0.4 is 0 Å². The van der Waals surface area contributed by atoms with Gasteiger partial charge >= 0.3 is 6.18 Å². The van der Waals surface area contributed by atoms with E-state index in [9.17, 15) is 18.0 Å². The second-order valence-electron chi connectivity index (χ2n) is 8.76. The molecule has 0 N–H and O–H groups in total. The van der Waals surface area contributed by atoms with Crippen LogP contribution >= 0.6 is 23.2 Å². The minimum absolute atomic E-state index is 0.0364. The van der Waals surface area contributed by atoms with Gasteiger partial charge in [-0.1, -0.05) is 29.3 Å². The van der Waals surface area contributed by atoms with Crippen LogP contribution in [0.4, 0.5) is 13.2 Å². The van der Waals surface area contributed by atoms with E-state index >= 15 is 0 Å². The lowest BCUT2D eigenvalue weighted by molar-refractivity contribution is -0.216. The molecule has 3 atom stereocenters. The van der Waals surface area contributed by atoms with Gasteiger partial charge in [-0.25, -0.2) is 19.3 Å². The maximum atomic E-state index is 13.8. The number of nitrogens with zero attached hydrogens (tertiary/aromatic N) is 7. The summed E-state index contributed by atoms with van der Waals surface area (Å²) < 4.78 is 49.1. The number of alkyl halides is 3. The molecule has 1 amide bonds. The van der Waals surface area contributed by atoms with Crippen LogP contribution in [0.5, 0.6) is 0 Å². The molecule has 3 heterocycles. The van der Waals surface area contributed by atoms with E-state index in [0.29, 0.717) is 15.6 Å². The monoisotopic (exact) mass is 565 g/mol. The van der Waals surface area contributed by atoms with Gasteiger partial charge in [0, 0.05) is 21.2 Å². The average Bonchev–Trinajstić information content (AvgIpc) is 3.59. The first kappa shape index (κ1) is 26.1. The molecule has 1 saturated heterocycles. The highest BCUT2D eigenvalue weighted by Crippen LogP contribution is 2.45. The molecule has 0 saturated carbocycles. The van der Waals surface area contributed by atoms with Crippen LogP contribution in [-0.2, 0) is 23.1 Å². The molecule has 0 bridgehead atoms. The van der Waals surface area contributed by atoms with Gasteiger partial charge in [0.2, 0.25) is 0 Å². The van der Waals surface area contributed by atoms with Crippen LogP contribution in [0.1, 0.15) is 34.6 Å². The van der Waals surface area contributed by atoms with Crippen molar-refractivity contribution in [2.75, 3.05) is 6.54 Å². The van der Waals surface area contributed by atoms with Gasteiger partial charge in [0.25, 0.3) is 5.91 Å². The largest absolute Gasteiger partial charge is 0.416 e. The Kier molecular flexibility index (Phi) is 6.88. The van der Waals surface area contributed by atoms with E-state index in [1.165, 1.54) is 34.9 Å². The summed E-state index contributed by atoms with van der Waals surface area (Å²) in [4.78, 5) is 23.3. The molecule has 5 rings (SSSR count). The topological polar surface area (TPSA) is 91.0 Å². The van der Waals surface area contributed by atoms with Crippen LogP contribution in [0, 0.1) is 0 Å². The number of benzene rings is 2. The van der Waals surface area contributed by atoms with E-state index in [-0.39, 0.29) is 18.7 Å². The van der Waals surface area contributed by atoms with Gasteiger partial charge in [0.1, 0.15) is 30.9 Å². The van der Waals surface area contributed by atoms with Gasteiger partial charge in [0.15, 0.2) is 6.23 Å². The van der Waals surface area contributed by atoms with Crippen LogP contribution in [0.25, 0.3) is 0 Å². The lowest BCUT2D eigenvalue weighted by Gasteiger charge is -2.51. The predicted octanol–water partition coefficient (Wildman–Crippen LogP) is 4.85. The van der Waals surface area contributed by atoms with Crippen LogP contribution in [0.3, 0.4) is 0 Å². The second-order valence-corrected chi connectivity index (χ2v) is 9.61. The first-order valence-corrected chi connectivity index (χ1v) is 12.1. The summed E-state index contributed by atoms with van der Waals surface area (Å²) in [6.45, 7) is 1.91. The molecule has 1 aliphatic heterocycles. The fraction of sp³-hybridized carbons (Fsp3) is 0.292. The molecule has 2 aromatic heterocycles. The second kappa shape index (κ2) is 10.0. The summed E-state index contributed by atoms with van der Waals surface area (Å²) in [5.41, 5.74) is -1.54. The van der Waals surface area contributed by atoms with E-state index < -0.39 is 35.5 Å². The van der Waals surface area contributed by atoms with E-state index in [2.05, 4.69) is 20.2 Å². The highest BCUT2D eigenvalue weighted by Gasteiger charge is 2.52. The molecule has 3 unspecified atom stereocenters. The Hall–Kier alpha value is -3.48. The van der Waals surface area contributed by atoms with Crippen LogP contribution in [-0.4, -0.2) is 52.9 Å². The van der Waals surface area contributed by atoms with Gasteiger partial charge in [0.05, 0.1) is 24.7 Å². The summed E-state index contributed by atoms with van der Waals surface area (Å²) in [5.74, 6) is -0.493. The van der Waals surface area contributed by atoms with E-state index in [1.807, 2.05) is 0 Å². The number of hydrogen-bond acceptors (Lipinski definition) is 6. The van der Waals surface area contributed by atoms with Crippen LogP contribution in [0.15, 0.2) is 67.8 Å². The SMILES string of the molecule is CC1N(C(=O)c2ccc(C(F)(F)F)cc2)CC(n2cncn2)OC1(Cn1cncn1)c1ccc(Cl)cc1Cl. The molecule has 1 aliphatic rings. The highest BCUT2D eigenvalue weighted by atomic mass is 35.5. The Labute approximate surface area is 224 Å². The Morgan fingerprint density at radius 1 is 1.08 bits per heavy atom. The molecular weight excluding hydrogens is 546 g/mol. The predicted molar refractivity (Wildman–Crippen MR) is 130 cm³/mol. The molecule has 0 radical (unpaired) electrons. The molecule has 0 spiro atoms. The Bertz CT molecular complexity index is 1420. The maximum Gasteiger partial charge on any atom is 0.416 e. The lowest BCUT2D eigenvalue weighted by atomic mass is 9.83. The molecule has 9 nitrogen and oxygen atoms in total. The van der Waals surface area contributed by atoms with Crippen molar-refractivity contribution in [2.24, 2.45) is 0 Å². The van der Waals surface area contributed by atoms with Crippen molar-refractivity contribution >= 4 is 29.1 Å². The van der Waals surface area contributed by atoms with E-state index in [1.54, 1.807) is 29.8 Å². The summed E-state index contributed by atoms with van der Waals surface area (Å²) in [5, 5.41) is 9.12. The molecule has 38 heavy (non-hydrogen) atoms. The zero-order chi connectivity index (χ0) is 27.1. The van der Waals surface area contributed by atoms with Gasteiger partial charge < -0.3 is 9.64 Å². The molecular formula is C24H20Cl2F3N7O2. The zero-order valence-electron chi connectivity index (χ0n) is 19.8. The lowest BCUT2D eigenvalue weighted by Crippen LogP contribution is -2.61. The smallest absolute Gasteiger partial charge is 0.339 e. The quantitative estimate of drug-likeness (QED) is 0.343. The number of aromatic nitrogens is 6. The normalized spacial score (nSPS) is 22.0. The molecule has 198 valence electrons. The summed E-state index contributed by atoms with van der Waals surface area (Å²) in [6.07, 6.45) is 0.308. The number of rotatable bonds is 5. The van der Waals surface area contributed by atoms with Crippen molar-refractivity contribution in [1.29, 1.82) is 0 Å². The number of carbonyl (C=O) groups is 1. The molecule has 14 heteroatoms. The van der Waals surface area contributed by atoms with Crippen molar-refractivity contribution < 1.29 is 22.7 Å². The third-order valence-electron chi connectivity index (χ3n) is 6.54. The first-order valence-electron chi connectivity index (χ1n) is 11.4. The van der Waals surface area contributed by atoms with Crippen molar-refractivity contribution in [3.8, 4) is 0 Å². The summed E-state index contributed by atoms with van der Waals surface area (Å²) in [7, 11) is 0. The number of ether oxygens (including phenoxy) is 1. The molecule has 1 fully saturated rings. The van der Waals surface area contributed by atoms with Crippen molar-refractivity contribution in [1.82, 2.24) is 34.4 Å². The van der Waals surface area contributed by atoms with Crippen molar-refractivity contribution in [3.05, 3.63) is 94.5 Å². The Morgan fingerprint density at radius 3 is 2.39 bits per heavy atom.